The van der Waals surface area contributed by atoms with Crippen LogP contribution in [0.15, 0.2) is 24.3 Å². The number of aryl methyl sites for hydroxylation is 1. The molecule has 2 rings (SSSR count). The summed E-state index contributed by atoms with van der Waals surface area (Å²) in [4.78, 5) is 14.1. The first kappa shape index (κ1) is 13.1. The molecule has 3 heteroatoms. The number of rotatable bonds is 3. The molecule has 1 unspecified atom stereocenters. The minimum Gasteiger partial charge on any atom is -0.330 e. The third kappa shape index (κ3) is 2.03. The van der Waals surface area contributed by atoms with Crippen molar-refractivity contribution in [2.24, 2.45) is 11.7 Å². The van der Waals surface area contributed by atoms with Gasteiger partial charge in [0, 0.05) is 23.6 Å². The van der Waals surface area contributed by atoms with Crippen LogP contribution in [0, 0.1) is 5.92 Å². The summed E-state index contributed by atoms with van der Waals surface area (Å²) in [5, 5.41) is 0. The molecule has 0 aromatic heterocycles. The summed E-state index contributed by atoms with van der Waals surface area (Å²) in [5.41, 5.74) is 7.86. The average molecular weight is 246 g/mol. The Bertz CT molecular complexity index is 436. The van der Waals surface area contributed by atoms with Crippen LogP contribution in [0.1, 0.15) is 32.8 Å². The van der Waals surface area contributed by atoms with Crippen LogP contribution in [0.2, 0.25) is 0 Å². The molecule has 1 saturated heterocycles. The number of amides is 1. The lowest BCUT2D eigenvalue weighted by Gasteiger charge is -2.35. The lowest BCUT2D eigenvalue weighted by atomic mass is 9.88. The molecule has 1 aromatic rings. The van der Waals surface area contributed by atoms with Crippen molar-refractivity contribution in [3.8, 4) is 0 Å². The normalized spacial score (nSPS) is 22.6. The van der Waals surface area contributed by atoms with Crippen LogP contribution in [-0.2, 0) is 11.2 Å². The maximum Gasteiger partial charge on any atom is 0.227 e. The largest absolute Gasteiger partial charge is 0.330 e. The van der Waals surface area contributed by atoms with Gasteiger partial charge < -0.3 is 10.6 Å². The van der Waals surface area contributed by atoms with E-state index in [2.05, 4.69) is 32.9 Å². The first-order valence-electron chi connectivity index (χ1n) is 6.62. The van der Waals surface area contributed by atoms with Gasteiger partial charge in [0.2, 0.25) is 5.91 Å². The fraction of sp³-hybridized carbons (Fsp3) is 0.533. The second-order valence-electron chi connectivity index (χ2n) is 5.54. The zero-order valence-electron chi connectivity index (χ0n) is 11.4. The third-order valence-corrected chi connectivity index (χ3v) is 4.13. The number of nitrogens with zero attached hydrogens (tertiary/aromatic N) is 1. The first-order chi connectivity index (χ1) is 8.50. The Balaban J connectivity index is 2.33. The first-order valence-corrected chi connectivity index (χ1v) is 6.62. The Hall–Kier alpha value is -1.35. The molecule has 1 amide bonds. The van der Waals surface area contributed by atoms with Gasteiger partial charge >= 0.3 is 0 Å². The van der Waals surface area contributed by atoms with Gasteiger partial charge in [-0.25, -0.2) is 0 Å². The van der Waals surface area contributed by atoms with E-state index in [4.69, 9.17) is 5.73 Å². The molecule has 0 saturated carbocycles. The number of benzene rings is 1. The van der Waals surface area contributed by atoms with Crippen molar-refractivity contribution in [3.63, 3.8) is 0 Å². The summed E-state index contributed by atoms with van der Waals surface area (Å²) in [7, 11) is 0. The van der Waals surface area contributed by atoms with Crippen molar-refractivity contribution in [2.45, 2.75) is 39.2 Å². The Morgan fingerprint density at radius 2 is 1.94 bits per heavy atom. The van der Waals surface area contributed by atoms with Crippen molar-refractivity contribution >= 4 is 11.6 Å². The average Bonchev–Trinajstić information content (AvgIpc) is 2.59. The van der Waals surface area contributed by atoms with E-state index in [-0.39, 0.29) is 17.4 Å². The van der Waals surface area contributed by atoms with Gasteiger partial charge in [0.05, 0.1) is 0 Å². The Morgan fingerprint density at radius 3 is 2.39 bits per heavy atom. The highest BCUT2D eigenvalue weighted by Gasteiger charge is 2.45. The van der Waals surface area contributed by atoms with Gasteiger partial charge in [0.15, 0.2) is 0 Å². The predicted molar refractivity (Wildman–Crippen MR) is 74.5 cm³/mol. The molecule has 0 aliphatic carbocycles. The summed E-state index contributed by atoms with van der Waals surface area (Å²) in [5.74, 6) is 0.413. The molecule has 2 N–H and O–H groups in total. The quantitative estimate of drug-likeness (QED) is 0.889. The molecule has 1 fully saturated rings. The molecule has 0 bridgehead atoms. The molecule has 0 radical (unpaired) electrons. The molecular weight excluding hydrogens is 224 g/mol. The van der Waals surface area contributed by atoms with Gasteiger partial charge in [-0.3, -0.25) is 4.79 Å². The van der Waals surface area contributed by atoms with E-state index < -0.39 is 0 Å². The summed E-state index contributed by atoms with van der Waals surface area (Å²) in [6.45, 7) is 6.89. The highest BCUT2D eigenvalue weighted by Crippen LogP contribution is 2.38. The van der Waals surface area contributed by atoms with Gasteiger partial charge in [-0.2, -0.15) is 0 Å². The fourth-order valence-electron chi connectivity index (χ4n) is 2.78. The molecule has 1 aliphatic rings. The Kier molecular flexibility index (Phi) is 3.44. The van der Waals surface area contributed by atoms with Crippen LogP contribution < -0.4 is 10.6 Å². The van der Waals surface area contributed by atoms with Gasteiger partial charge in [-0.15, -0.1) is 0 Å². The zero-order valence-corrected chi connectivity index (χ0v) is 11.4. The summed E-state index contributed by atoms with van der Waals surface area (Å²) >= 11 is 0. The second-order valence-corrected chi connectivity index (χ2v) is 5.54. The van der Waals surface area contributed by atoms with Crippen molar-refractivity contribution in [1.82, 2.24) is 0 Å². The van der Waals surface area contributed by atoms with Gasteiger partial charge in [0.25, 0.3) is 0 Å². The minimum absolute atomic E-state index is 0.180. The van der Waals surface area contributed by atoms with Crippen LogP contribution in [0.25, 0.3) is 0 Å². The van der Waals surface area contributed by atoms with E-state index in [0.29, 0.717) is 13.0 Å². The third-order valence-electron chi connectivity index (χ3n) is 4.13. The number of carbonyl (C=O) groups is 1. The smallest absolute Gasteiger partial charge is 0.227 e. The fourth-order valence-corrected chi connectivity index (χ4v) is 2.78. The SMILES string of the molecule is CCc1ccc(N2C(=O)CC(CN)C2(C)C)cc1. The second kappa shape index (κ2) is 4.73. The van der Waals surface area contributed by atoms with Crippen LogP contribution in [0.5, 0.6) is 0 Å². The molecule has 1 heterocycles. The van der Waals surface area contributed by atoms with E-state index in [0.717, 1.165) is 12.1 Å². The van der Waals surface area contributed by atoms with Crippen molar-refractivity contribution in [3.05, 3.63) is 29.8 Å². The number of anilines is 1. The molecular formula is C15H22N2O. The molecule has 1 aliphatic heterocycles. The maximum atomic E-state index is 12.2. The van der Waals surface area contributed by atoms with Gasteiger partial charge in [-0.05, 0) is 44.5 Å². The van der Waals surface area contributed by atoms with Crippen LogP contribution in [0.3, 0.4) is 0 Å². The highest BCUT2D eigenvalue weighted by atomic mass is 16.2. The molecule has 1 atom stereocenters. The Labute approximate surface area is 109 Å². The maximum absolute atomic E-state index is 12.2. The predicted octanol–water partition coefficient (Wildman–Crippen LogP) is 2.34. The van der Waals surface area contributed by atoms with Crippen molar-refractivity contribution in [1.29, 1.82) is 0 Å². The van der Waals surface area contributed by atoms with Crippen molar-refractivity contribution in [2.75, 3.05) is 11.4 Å². The van der Waals surface area contributed by atoms with Crippen molar-refractivity contribution < 1.29 is 4.79 Å². The number of carbonyl (C=O) groups excluding carboxylic acids is 1. The van der Waals surface area contributed by atoms with Crippen LogP contribution >= 0.6 is 0 Å². The van der Waals surface area contributed by atoms with Gasteiger partial charge in [-0.1, -0.05) is 19.1 Å². The summed E-state index contributed by atoms with van der Waals surface area (Å²) in [6, 6.07) is 8.26. The van der Waals surface area contributed by atoms with Crippen LogP contribution in [-0.4, -0.2) is 18.0 Å². The minimum atomic E-state index is -0.195. The molecule has 0 spiro atoms. The number of hydrogen-bond donors (Lipinski definition) is 1. The molecule has 98 valence electrons. The lowest BCUT2D eigenvalue weighted by molar-refractivity contribution is -0.117. The zero-order chi connectivity index (χ0) is 13.3. The summed E-state index contributed by atoms with van der Waals surface area (Å²) < 4.78 is 0. The molecule has 3 nitrogen and oxygen atoms in total. The highest BCUT2D eigenvalue weighted by molar-refractivity contribution is 5.97. The Morgan fingerprint density at radius 1 is 1.33 bits per heavy atom. The standard InChI is InChI=1S/C15H22N2O/c1-4-11-5-7-13(8-6-11)17-14(18)9-12(10-16)15(17,2)3/h5-8,12H,4,9-10,16H2,1-3H3. The van der Waals surface area contributed by atoms with E-state index in [1.165, 1.54) is 5.56 Å². The van der Waals surface area contributed by atoms with E-state index in [1.54, 1.807) is 0 Å². The van der Waals surface area contributed by atoms with Crippen LogP contribution in [0.4, 0.5) is 5.69 Å². The van der Waals surface area contributed by atoms with E-state index >= 15 is 0 Å². The molecule has 18 heavy (non-hydrogen) atoms. The van der Waals surface area contributed by atoms with Gasteiger partial charge in [0.1, 0.15) is 0 Å². The lowest BCUT2D eigenvalue weighted by Crippen LogP contribution is -2.46. The number of hydrogen-bond acceptors (Lipinski definition) is 2. The molecule has 1 aromatic carbocycles. The van der Waals surface area contributed by atoms with E-state index in [1.807, 2.05) is 17.0 Å². The topological polar surface area (TPSA) is 46.3 Å². The van der Waals surface area contributed by atoms with E-state index in [9.17, 15) is 4.79 Å². The monoisotopic (exact) mass is 246 g/mol. The number of nitrogens with two attached hydrogens (primary N) is 1. The summed E-state index contributed by atoms with van der Waals surface area (Å²) in [6.07, 6.45) is 1.57.